The van der Waals surface area contributed by atoms with Gasteiger partial charge in [0.15, 0.2) is 0 Å². The van der Waals surface area contributed by atoms with Gasteiger partial charge in [0.05, 0.1) is 22.0 Å². The highest BCUT2D eigenvalue weighted by Crippen LogP contribution is 2.30. The van der Waals surface area contributed by atoms with Crippen LogP contribution < -0.4 is 5.56 Å². The van der Waals surface area contributed by atoms with Gasteiger partial charge in [0.2, 0.25) is 0 Å². The van der Waals surface area contributed by atoms with Crippen molar-refractivity contribution >= 4 is 38.4 Å². The molecule has 0 spiro atoms. The fourth-order valence-electron chi connectivity index (χ4n) is 3.95. The maximum Gasteiger partial charge on any atom is 0.261 e. The SMILES string of the molecule is CCCC(c1nc2c(Cl)cc(Br)cc2c(=O)n1CC)N1CCCN(C)CC1. The van der Waals surface area contributed by atoms with Crippen molar-refractivity contribution in [2.45, 2.75) is 45.7 Å². The zero-order valence-corrected chi connectivity index (χ0v) is 18.7. The summed E-state index contributed by atoms with van der Waals surface area (Å²) in [7, 11) is 2.17. The normalized spacial score (nSPS) is 18.0. The molecule has 148 valence electrons. The minimum atomic E-state index is -0.00579. The van der Waals surface area contributed by atoms with Crippen LogP contribution in [0.25, 0.3) is 10.9 Å². The largest absolute Gasteiger partial charge is 0.305 e. The number of benzene rings is 1. The number of rotatable bonds is 5. The van der Waals surface area contributed by atoms with Gasteiger partial charge in [-0.2, -0.15) is 0 Å². The molecule has 1 fully saturated rings. The maximum atomic E-state index is 13.2. The Balaban J connectivity index is 2.15. The van der Waals surface area contributed by atoms with Crippen LogP contribution in [0.4, 0.5) is 0 Å². The standard InChI is InChI=1S/C20H28BrClN4O/c1-4-7-17(25-9-6-8-24(3)10-11-25)19-23-18-15(20(27)26(19)5-2)12-14(21)13-16(18)22/h12-13,17H,4-11H2,1-3H3. The highest BCUT2D eigenvalue weighted by atomic mass is 79.9. The first-order valence-electron chi connectivity index (χ1n) is 9.78. The van der Waals surface area contributed by atoms with Gasteiger partial charge < -0.3 is 4.90 Å². The molecule has 2 heterocycles. The summed E-state index contributed by atoms with van der Waals surface area (Å²) in [5, 5.41) is 1.10. The third-order valence-electron chi connectivity index (χ3n) is 5.38. The average molecular weight is 456 g/mol. The van der Waals surface area contributed by atoms with E-state index in [1.807, 2.05) is 23.6 Å². The van der Waals surface area contributed by atoms with Gasteiger partial charge in [-0.1, -0.05) is 40.9 Å². The van der Waals surface area contributed by atoms with Crippen LogP contribution in [-0.4, -0.2) is 52.6 Å². The highest BCUT2D eigenvalue weighted by Gasteiger charge is 2.27. The summed E-state index contributed by atoms with van der Waals surface area (Å²) in [5.74, 6) is 0.852. The zero-order chi connectivity index (χ0) is 19.6. The van der Waals surface area contributed by atoms with Gasteiger partial charge in [0, 0.05) is 30.7 Å². The monoisotopic (exact) mass is 454 g/mol. The first-order chi connectivity index (χ1) is 13.0. The van der Waals surface area contributed by atoms with E-state index in [4.69, 9.17) is 16.6 Å². The smallest absolute Gasteiger partial charge is 0.261 e. The molecule has 1 aromatic heterocycles. The van der Waals surface area contributed by atoms with E-state index in [9.17, 15) is 4.79 Å². The molecule has 1 aromatic carbocycles. The van der Waals surface area contributed by atoms with E-state index >= 15 is 0 Å². The van der Waals surface area contributed by atoms with Gasteiger partial charge in [0.1, 0.15) is 5.82 Å². The molecule has 27 heavy (non-hydrogen) atoms. The summed E-state index contributed by atoms with van der Waals surface area (Å²) in [4.78, 5) is 23.0. The van der Waals surface area contributed by atoms with Crippen molar-refractivity contribution < 1.29 is 0 Å². The molecule has 0 bridgehead atoms. The number of halogens is 2. The van der Waals surface area contributed by atoms with Crippen molar-refractivity contribution in [1.82, 2.24) is 19.4 Å². The van der Waals surface area contributed by atoms with Crippen LogP contribution in [0.15, 0.2) is 21.4 Å². The molecular formula is C20H28BrClN4O. The minimum Gasteiger partial charge on any atom is -0.305 e. The molecule has 7 heteroatoms. The van der Waals surface area contributed by atoms with Crippen molar-refractivity contribution in [3.8, 4) is 0 Å². The predicted molar refractivity (Wildman–Crippen MR) is 116 cm³/mol. The van der Waals surface area contributed by atoms with Crippen molar-refractivity contribution in [3.63, 3.8) is 0 Å². The highest BCUT2D eigenvalue weighted by molar-refractivity contribution is 9.10. The Morgan fingerprint density at radius 3 is 2.70 bits per heavy atom. The second-order valence-electron chi connectivity index (χ2n) is 7.30. The van der Waals surface area contributed by atoms with E-state index in [0.717, 1.165) is 55.7 Å². The lowest BCUT2D eigenvalue weighted by Crippen LogP contribution is -2.37. The summed E-state index contributed by atoms with van der Waals surface area (Å²) in [5.41, 5.74) is 0.603. The van der Waals surface area contributed by atoms with E-state index in [0.29, 0.717) is 22.5 Å². The van der Waals surface area contributed by atoms with Gasteiger partial charge in [-0.25, -0.2) is 4.98 Å². The molecule has 2 aromatic rings. The first-order valence-corrected chi connectivity index (χ1v) is 10.9. The number of likely N-dealkylation sites (N-methyl/N-ethyl adjacent to an activating group) is 1. The number of hydrogen-bond donors (Lipinski definition) is 0. The van der Waals surface area contributed by atoms with Crippen LogP contribution in [0, 0.1) is 0 Å². The Kier molecular flexibility index (Phi) is 6.95. The lowest BCUT2D eigenvalue weighted by molar-refractivity contribution is 0.180. The second-order valence-corrected chi connectivity index (χ2v) is 8.62. The van der Waals surface area contributed by atoms with Gasteiger partial charge in [0.25, 0.3) is 5.56 Å². The fraction of sp³-hybridized carbons (Fsp3) is 0.600. The molecule has 1 aliphatic heterocycles. The summed E-state index contributed by atoms with van der Waals surface area (Å²) in [6.45, 7) is 8.98. The third kappa shape index (κ3) is 4.39. The fourth-order valence-corrected chi connectivity index (χ4v) is 4.80. The number of aromatic nitrogens is 2. The Bertz CT molecular complexity index is 869. The Morgan fingerprint density at radius 2 is 2.00 bits per heavy atom. The van der Waals surface area contributed by atoms with Crippen LogP contribution in [-0.2, 0) is 6.54 Å². The molecule has 1 atom stereocenters. The van der Waals surface area contributed by atoms with E-state index in [1.54, 1.807) is 0 Å². The Hall–Kier alpha value is -0.950. The molecule has 1 saturated heterocycles. The quantitative estimate of drug-likeness (QED) is 0.673. The molecule has 3 rings (SSSR count). The van der Waals surface area contributed by atoms with Crippen LogP contribution >= 0.6 is 27.5 Å². The Morgan fingerprint density at radius 1 is 1.22 bits per heavy atom. The van der Waals surface area contributed by atoms with E-state index in [-0.39, 0.29) is 11.6 Å². The number of nitrogens with zero attached hydrogens (tertiary/aromatic N) is 4. The van der Waals surface area contributed by atoms with Crippen molar-refractivity contribution in [1.29, 1.82) is 0 Å². The molecule has 0 amide bonds. The van der Waals surface area contributed by atoms with Crippen LogP contribution in [0.2, 0.25) is 5.02 Å². The van der Waals surface area contributed by atoms with Crippen molar-refractivity contribution in [2.75, 3.05) is 33.2 Å². The van der Waals surface area contributed by atoms with Crippen molar-refractivity contribution in [2.24, 2.45) is 0 Å². The number of hydrogen-bond acceptors (Lipinski definition) is 4. The molecule has 0 aliphatic carbocycles. The van der Waals surface area contributed by atoms with Gasteiger partial charge in [-0.3, -0.25) is 14.3 Å². The topological polar surface area (TPSA) is 41.4 Å². The lowest BCUT2D eigenvalue weighted by Gasteiger charge is -2.31. The zero-order valence-electron chi connectivity index (χ0n) is 16.3. The average Bonchev–Trinajstić information content (AvgIpc) is 2.85. The summed E-state index contributed by atoms with van der Waals surface area (Å²) >= 11 is 9.89. The molecular weight excluding hydrogens is 428 g/mol. The van der Waals surface area contributed by atoms with Gasteiger partial charge >= 0.3 is 0 Å². The molecule has 1 aliphatic rings. The van der Waals surface area contributed by atoms with E-state index in [2.05, 4.69) is 39.7 Å². The molecule has 0 N–H and O–H groups in total. The Labute approximate surface area is 174 Å². The van der Waals surface area contributed by atoms with Gasteiger partial charge in [-0.05, 0) is 45.5 Å². The molecule has 0 saturated carbocycles. The van der Waals surface area contributed by atoms with Crippen LogP contribution in [0.1, 0.15) is 45.0 Å². The van der Waals surface area contributed by atoms with Crippen molar-refractivity contribution in [3.05, 3.63) is 37.8 Å². The van der Waals surface area contributed by atoms with Gasteiger partial charge in [-0.15, -0.1) is 0 Å². The maximum absolute atomic E-state index is 13.2. The molecule has 5 nitrogen and oxygen atoms in total. The van der Waals surface area contributed by atoms with Crippen LogP contribution in [0.5, 0.6) is 0 Å². The molecule has 1 unspecified atom stereocenters. The number of fused-ring (bicyclic) bond motifs is 1. The summed E-state index contributed by atoms with van der Waals surface area (Å²) < 4.78 is 2.63. The van der Waals surface area contributed by atoms with Crippen LogP contribution in [0.3, 0.4) is 0 Å². The second kappa shape index (κ2) is 9.03. The summed E-state index contributed by atoms with van der Waals surface area (Å²) in [6, 6.07) is 3.77. The lowest BCUT2D eigenvalue weighted by atomic mass is 10.1. The third-order valence-corrected chi connectivity index (χ3v) is 6.12. The van der Waals surface area contributed by atoms with E-state index < -0.39 is 0 Å². The minimum absolute atomic E-state index is 0.00579. The predicted octanol–water partition coefficient (Wildman–Crippen LogP) is 4.31. The summed E-state index contributed by atoms with van der Waals surface area (Å²) in [6.07, 6.45) is 3.16. The molecule has 0 radical (unpaired) electrons. The first kappa shape index (κ1) is 20.8. The van der Waals surface area contributed by atoms with E-state index in [1.165, 1.54) is 0 Å².